The highest BCUT2D eigenvalue weighted by molar-refractivity contribution is 14.2. The Balaban J connectivity index is 1.04. The molecule has 242 valence electrons. The summed E-state index contributed by atoms with van der Waals surface area (Å²) in [5.41, 5.74) is 10.4. The summed E-state index contributed by atoms with van der Waals surface area (Å²) in [6, 6.07) is 44.4. The number of hydrogen-bond acceptors (Lipinski definition) is 3. The van der Waals surface area contributed by atoms with Crippen molar-refractivity contribution >= 4 is 83.1 Å². The quantitative estimate of drug-likeness (QED) is 0.173. The lowest BCUT2D eigenvalue weighted by Gasteiger charge is -2.29. The molecule has 3 aliphatic rings. The zero-order valence-electron chi connectivity index (χ0n) is 27.4. The lowest BCUT2D eigenvalue weighted by molar-refractivity contribution is 0.665. The Morgan fingerprint density at radius 2 is 1.56 bits per heavy atom. The van der Waals surface area contributed by atoms with Gasteiger partial charge in [-0.15, -0.1) is 11.3 Å². The van der Waals surface area contributed by atoms with Gasteiger partial charge in [0.15, 0.2) is 0 Å². The largest absolute Gasteiger partial charge is 0.313 e. The number of para-hydroxylation sites is 1. The fraction of sp³-hybridized carbons (Fsp3) is 0.111. The van der Waals surface area contributed by atoms with Crippen LogP contribution in [0.25, 0.3) is 54.8 Å². The number of aromatic nitrogens is 1. The molecule has 0 saturated carbocycles. The normalized spacial score (nSPS) is 18.8. The Hall–Kier alpha value is -4.69. The summed E-state index contributed by atoms with van der Waals surface area (Å²) in [4.78, 5) is 6.70. The third-order valence-corrected chi connectivity index (χ3v) is 14.5. The van der Waals surface area contributed by atoms with E-state index < -0.39 is 20.7 Å². The van der Waals surface area contributed by atoms with Crippen LogP contribution < -0.4 is 5.32 Å². The van der Waals surface area contributed by atoms with Crippen LogP contribution in [0, 0.1) is 5.92 Å². The van der Waals surface area contributed by atoms with Gasteiger partial charge in [0.25, 0.3) is 0 Å². The third-order valence-electron chi connectivity index (χ3n) is 10.2. The van der Waals surface area contributed by atoms with Crippen molar-refractivity contribution in [2.45, 2.75) is 25.4 Å². The maximum absolute atomic E-state index is 5.28. The van der Waals surface area contributed by atoms with Crippen molar-refractivity contribution in [2.75, 3.05) is 0 Å². The Labute approximate surface area is 305 Å². The molecule has 1 N–H and O–H groups in total. The summed E-state index contributed by atoms with van der Waals surface area (Å²) in [7, 11) is 0. The minimum Gasteiger partial charge on any atom is -0.313 e. The molecule has 3 heterocycles. The van der Waals surface area contributed by atoms with Crippen LogP contribution in [0.3, 0.4) is 0 Å². The molecule has 10 rings (SSSR count). The number of nitrogens with zero attached hydrogens (tertiary/aromatic N) is 2. The van der Waals surface area contributed by atoms with E-state index in [9.17, 15) is 0 Å². The van der Waals surface area contributed by atoms with Crippen LogP contribution in [0.15, 0.2) is 151 Å². The van der Waals surface area contributed by atoms with E-state index in [0.717, 1.165) is 19.3 Å². The van der Waals surface area contributed by atoms with Crippen LogP contribution in [-0.4, -0.2) is 11.9 Å². The highest BCUT2D eigenvalue weighted by Gasteiger charge is 2.27. The van der Waals surface area contributed by atoms with Gasteiger partial charge in [-0.25, -0.2) is 0 Å². The highest BCUT2D eigenvalue weighted by atomic mass is 127. The standard InChI is InChI=1S/C45H34IN3S/c1-3-13-29(14-4-1)43-46-44(48-45(47-43)30-15-5-2-6-16-30)32-17-11-18-33(27-32)49-39-23-9-7-19-35(39)38-28-31(25-26-40(38)49)34-21-12-22-37-36-20-8-10-24-41(36)50-42(34)37/h1-7,9-19,21-26,28,32,45,48H,8,20,27H2. The maximum atomic E-state index is 5.28. The molecule has 7 aromatic rings. The van der Waals surface area contributed by atoms with Crippen LogP contribution >= 0.6 is 32.1 Å². The van der Waals surface area contributed by atoms with Crippen molar-refractivity contribution in [3.05, 3.63) is 167 Å². The molecule has 0 saturated heterocycles. The first-order valence-electron chi connectivity index (χ1n) is 17.4. The summed E-state index contributed by atoms with van der Waals surface area (Å²) >= 11 is 1.48. The minimum absolute atomic E-state index is 0.0846. The van der Waals surface area contributed by atoms with Crippen LogP contribution in [0.4, 0.5) is 0 Å². The molecule has 2 unspecified atom stereocenters. The van der Waals surface area contributed by atoms with Crippen molar-refractivity contribution in [2.24, 2.45) is 10.9 Å². The van der Waals surface area contributed by atoms with E-state index in [1.807, 2.05) is 11.3 Å². The molecule has 2 aliphatic carbocycles. The molecule has 0 bridgehead atoms. The number of thiophene rings is 1. The summed E-state index contributed by atoms with van der Waals surface area (Å²) < 4.78 is 6.60. The van der Waals surface area contributed by atoms with E-state index in [1.54, 1.807) is 0 Å². The lowest BCUT2D eigenvalue weighted by Crippen LogP contribution is -2.35. The van der Waals surface area contributed by atoms with Gasteiger partial charge in [0, 0.05) is 41.2 Å². The van der Waals surface area contributed by atoms with Gasteiger partial charge in [-0.05, 0) is 98.0 Å². The second-order valence-corrected chi connectivity index (χ2v) is 17.0. The smallest absolute Gasteiger partial charge is 0.130 e. The average Bonchev–Trinajstić information content (AvgIpc) is 3.74. The molecule has 2 atom stereocenters. The van der Waals surface area contributed by atoms with Gasteiger partial charge in [0.2, 0.25) is 0 Å². The second kappa shape index (κ2) is 12.6. The van der Waals surface area contributed by atoms with E-state index in [1.165, 1.54) is 77.6 Å². The number of hydrogen-bond donors (Lipinski definition) is 1. The molecule has 5 heteroatoms. The van der Waals surface area contributed by atoms with E-state index >= 15 is 0 Å². The fourth-order valence-electron chi connectivity index (χ4n) is 7.78. The molecular formula is C45H34IN3S. The minimum atomic E-state index is -0.469. The van der Waals surface area contributed by atoms with Gasteiger partial charge in [-0.3, -0.25) is 10.3 Å². The number of rotatable bonds is 5. The zero-order valence-corrected chi connectivity index (χ0v) is 30.4. The second-order valence-electron chi connectivity index (χ2n) is 13.2. The number of halogens is 1. The average molecular weight is 776 g/mol. The summed E-state index contributed by atoms with van der Waals surface area (Å²) in [5, 5.41) is 7.96. The topological polar surface area (TPSA) is 29.3 Å². The predicted octanol–water partition coefficient (Wildman–Crippen LogP) is 11.9. The van der Waals surface area contributed by atoms with Gasteiger partial charge >= 0.3 is 0 Å². The molecule has 0 fully saturated rings. The number of benzene rings is 5. The first kappa shape index (κ1) is 30.2. The van der Waals surface area contributed by atoms with Crippen molar-refractivity contribution < 1.29 is 0 Å². The lowest BCUT2D eigenvalue weighted by atomic mass is 9.97. The van der Waals surface area contributed by atoms with Crippen LogP contribution in [-0.2, 0) is 6.42 Å². The molecular weight excluding hydrogens is 741 g/mol. The first-order chi connectivity index (χ1) is 24.8. The number of fused-ring (bicyclic) bond motifs is 6. The van der Waals surface area contributed by atoms with Gasteiger partial charge in [-0.2, -0.15) is 0 Å². The number of aliphatic imine (C=N–C) groups is 1. The molecule has 0 amide bonds. The van der Waals surface area contributed by atoms with E-state index in [4.69, 9.17) is 4.99 Å². The first-order valence-corrected chi connectivity index (χ1v) is 20.3. The van der Waals surface area contributed by atoms with Crippen LogP contribution in [0.5, 0.6) is 0 Å². The SMILES string of the molecule is C1=CC(C2=IC(c3ccccc3)=NC(c3ccccc3)N2)CC(n2c3ccccc3c3cc(-c4cccc5c6c(sc45)C=CCC6)ccc32)=C1. The maximum Gasteiger partial charge on any atom is 0.130 e. The number of nitrogens with one attached hydrogen (secondary N) is 1. The Morgan fingerprint density at radius 1 is 0.760 bits per heavy atom. The highest BCUT2D eigenvalue weighted by Crippen LogP contribution is 2.43. The van der Waals surface area contributed by atoms with E-state index in [2.05, 4.69) is 162 Å². The predicted molar refractivity (Wildman–Crippen MR) is 223 cm³/mol. The van der Waals surface area contributed by atoms with Gasteiger partial charge in [-0.1, -0.05) is 121 Å². The molecule has 5 aromatic carbocycles. The molecule has 50 heavy (non-hydrogen) atoms. The molecule has 1 aliphatic heterocycles. The Bertz CT molecular complexity index is 2600. The van der Waals surface area contributed by atoms with Crippen molar-refractivity contribution in [1.29, 1.82) is 0 Å². The number of aryl methyl sites for hydroxylation is 1. The molecule has 2 aromatic heterocycles. The van der Waals surface area contributed by atoms with Crippen molar-refractivity contribution in [1.82, 2.24) is 9.88 Å². The molecule has 0 radical (unpaired) electrons. The monoisotopic (exact) mass is 775 g/mol. The number of allylic oxidation sites excluding steroid dienone is 4. The van der Waals surface area contributed by atoms with Crippen molar-refractivity contribution in [3.8, 4) is 11.1 Å². The molecule has 3 nitrogen and oxygen atoms in total. The van der Waals surface area contributed by atoms with Gasteiger partial charge < -0.3 is 4.57 Å². The van der Waals surface area contributed by atoms with E-state index in [0.29, 0.717) is 0 Å². The zero-order chi connectivity index (χ0) is 33.0. The Morgan fingerprint density at radius 3 is 2.46 bits per heavy atom. The van der Waals surface area contributed by atoms with Crippen LogP contribution in [0.1, 0.15) is 40.6 Å². The van der Waals surface area contributed by atoms with Gasteiger partial charge in [0.05, 0.1) is 11.0 Å². The van der Waals surface area contributed by atoms with Gasteiger partial charge in [0.1, 0.15) is 9.88 Å². The third kappa shape index (κ3) is 5.18. The van der Waals surface area contributed by atoms with Crippen LogP contribution in [0.2, 0.25) is 0 Å². The molecule has 0 spiro atoms. The van der Waals surface area contributed by atoms with Crippen molar-refractivity contribution in [3.63, 3.8) is 0 Å². The van der Waals surface area contributed by atoms with E-state index in [-0.39, 0.29) is 12.1 Å². The summed E-state index contributed by atoms with van der Waals surface area (Å²) in [6.07, 6.45) is 14.8. The summed E-state index contributed by atoms with van der Waals surface area (Å²) in [5.74, 6) is 0.287. The Kier molecular flexibility index (Phi) is 7.58. The fourth-order valence-corrected chi connectivity index (χ4v) is 12.0. The summed E-state index contributed by atoms with van der Waals surface area (Å²) in [6.45, 7) is 0.